The lowest BCUT2D eigenvalue weighted by molar-refractivity contribution is 0.630. The van der Waals surface area contributed by atoms with E-state index in [0.29, 0.717) is 0 Å². The van der Waals surface area contributed by atoms with Gasteiger partial charge < -0.3 is 4.98 Å². The van der Waals surface area contributed by atoms with Crippen LogP contribution in [-0.4, -0.2) is 15.0 Å². The first-order valence-corrected chi connectivity index (χ1v) is 3.26. The number of fused-ring (bicyclic) bond motifs is 1. The van der Waals surface area contributed by atoms with Gasteiger partial charge in [-0.25, -0.2) is 9.37 Å². The summed E-state index contributed by atoms with van der Waals surface area (Å²) in [4.78, 5) is 20.6. The smallest absolute Gasteiger partial charge is 0.260 e. The second-order valence-corrected chi connectivity index (χ2v) is 2.25. The fourth-order valence-corrected chi connectivity index (χ4v) is 0.959. The molecule has 5 heteroatoms. The summed E-state index contributed by atoms with van der Waals surface area (Å²) in [6, 6.07) is 0. The summed E-state index contributed by atoms with van der Waals surface area (Å²) in [5.74, 6) is -0.585. The molecule has 2 aromatic rings. The predicted molar refractivity (Wildman–Crippen MR) is 40.1 cm³/mol. The van der Waals surface area contributed by atoms with E-state index < -0.39 is 5.82 Å². The quantitative estimate of drug-likeness (QED) is 0.616. The van der Waals surface area contributed by atoms with Crippen molar-refractivity contribution in [3.63, 3.8) is 0 Å². The zero-order chi connectivity index (χ0) is 8.55. The fraction of sp³-hybridized carbons (Fsp3) is 0. The van der Waals surface area contributed by atoms with Gasteiger partial charge in [0.2, 0.25) is 0 Å². The number of rotatable bonds is 0. The van der Waals surface area contributed by atoms with Crippen LogP contribution in [-0.2, 0) is 0 Å². The highest BCUT2D eigenvalue weighted by Crippen LogP contribution is 2.06. The van der Waals surface area contributed by atoms with Crippen LogP contribution in [0.5, 0.6) is 0 Å². The molecule has 4 nitrogen and oxygen atoms in total. The Kier molecular flexibility index (Phi) is 1.36. The van der Waals surface area contributed by atoms with Gasteiger partial charge in [0, 0.05) is 6.20 Å². The monoisotopic (exact) mass is 165 g/mol. The molecule has 0 radical (unpaired) electrons. The second-order valence-electron chi connectivity index (χ2n) is 2.25. The molecule has 0 saturated carbocycles. The van der Waals surface area contributed by atoms with E-state index in [9.17, 15) is 9.18 Å². The molecular formula is C7H4FN3O. The second kappa shape index (κ2) is 2.37. The summed E-state index contributed by atoms with van der Waals surface area (Å²) in [5.41, 5.74) is -0.333. The minimum Gasteiger partial charge on any atom is -0.313 e. The Bertz CT molecular complexity index is 479. The van der Waals surface area contributed by atoms with Crippen molar-refractivity contribution in [2.24, 2.45) is 0 Å². The van der Waals surface area contributed by atoms with E-state index in [1.807, 2.05) is 0 Å². The Hall–Kier alpha value is -1.78. The van der Waals surface area contributed by atoms with Gasteiger partial charge in [-0.15, -0.1) is 0 Å². The number of hydrogen-bond donors (Lipinski definition) is 1. The Balaban J connectivity index is 3.05. The van der Waals surface area contributed by atoms with Crippen LogP contribution in [0.25, 0.3) is 10.9 Å². The van der Waals surface area contributed by atoms with Gasteiger partial charge in [-0.1, -0.05) is 0 Å². The number of aromatic amines is 1. The summed E-state index contributed by atoms with van der Waals surface area (Å²) in [7, 11) is 0. The Morgan fingerprint density at radius 1 is 1.42 bits per heavy atom. The van der Waals surface area contributed by atoms with E-state index in [1.165, 1.54) is 6.20 Å². The lowest BCUT2D eigenvalue weighted by Gasteiger charge is -1.93. The van der Waals surface area contributed by atoms with Crippen molar-refractivity contribution in [3.05, 3.63) is 34.9 Å². The highest BCUT2D eigenvalue weighted by atomic mass is 19.1. The van der Waals surface area contributed by atoms with Crippen LogP contribution in [0.4, 0.5) is 4.39 Å². The topological polar surface area (TPSA) is 58.6 Å². The number of nitrogens with one attached hydrogen (secondary N) is 1. The molecule has 2 rings (SSSR count). The van der Waals surface area contributed by atoms with E-state index in [2.05, 4.69) is 15.0 Å². The molecular weight excluding hydrogens is 161 g/mol. The molecule has 0 fully saturated rings. The van der Waals surface area contributed by atoms with E-state index in [0.717, 1.165) is 12.5 Å². The van der Waals surface area contributed by atoms with E-state index >= 15 is 0 Å². The first-order valence-electron chi connectivity index (χ1n) is 3.26. The molecule has 0 unspecified atom stereocenters. The zero-order valence-corrected chi connectivity index (χ0v) is 5.91. The lowest BCUT2D eigenvalue weighted by Crippen LogP contribution is -2.07. The number of pyridine rings is 1. The maximum absolute atomic E-state index is 12.9. The van der Waals surface area contributed by atoms with Gasteiger partial charge in [0.1, 0.15) is 5.52 Å². The van der Waals surface area contributed by atoms with Gasteiger partial charge in [0.25, 0.3) is 5.56 Å². The highest BCUT2D eigenvalue weighted by molar-refractivity contribution is 5.76. The molecule has 1 N–H and O–H groups in total. The third-order valence-electron chi connectivity index (χ3n) is 1.51. The minimum atomic E-state index is -0.585. The van der Waals surface area contributed by atoms with Crippen LogP contribution in [0.2, 0.25) is 0 Å². The van der Waals surface area contributed by atoms with Crippen molar-refractivity contribution in [2.75, 3.05) is 0 Å². The Labute approximate surface area is 66.1 Å². The SMILES string of the molecule is O=c1[nH]cnc2c(F)cncc12. The highest BCUT2D eigenvalue weighted by Gasteiger charge is 2.03. The molecule has 2 aromatic heterocycles. The fourth-order valence-electron chi connectivity index (χ4n) is 0.959. The standard InChI is InChI=1S/C7H4FN3O/c8-5-2-9-1-4-6(5)10-3-11-7(4)12/h1-3H,(H,10,11,12). The van der Waals surface area contributed by atoms with Crippen LogP contribution in [0.15, 0.2) is 23.5 Å². The molecule has 0 bridgehead atoms. The predicted octanol–water partition coefficient (Wildman–Crippen LogP) is 0.457. The molecule has 0 amide bonds. The third kappa shape index (κ3) is 0.868. The van der Waals surface area contributed by atoms with Crippen molar-refractivity contribution in [2.45, 2.75) is 0 Å². The van der Waals surface area contributed by atoms with Crippen molar-refractivity contribution >= 4 is 10.9 Å². The van der Waals surface area contributed by atoms with Crippen LogP contribution < -0.4 is 5.56 Å². The first-order chi connectivity index (χ1) is 5.79. The van der Waals surface area contributed by atoms with Gasteiger partial charge in [-0.2, -0.15) is 0 Å². The van der Waals surface area contributed by atoms with Crippen LogP contribution in [0, 0.1) is 5.82 Å². The molecule has 0 atom stereocenters. The number of halogens is 1. The van der Waals surface area contributed by atoms with Gasteiger partial charge in [-0.3, -0.25) is 9.78 Å². The van der Waals surface area contributed by atoms with Gasteiger partial charge in [0.15, 0.2) is 5.82 Å². The van der Waals surface area contributed by atoms with Crippen LogP contribution in [0.3, 0.4) is 0 Å². The maximum atomic E-state index is 12.9. The number of aromatic nitrogens is 3. The van der Waals surface area contributed by atoms with Gasteiger partial charge >= 0.3 is 0 Å². The molecule has 12 heavy (non-hydrogen) atoms. The average molecular weight is 165 g/mol. The molecule has 2 heterocycles. The molecule has 0 aliphatic rings. The Morgan fingerprint density at radius 2 is 2.25 bits per heavy atom. The summed E-state index contributed by atoms with van der Waals surface area (Å²) in [6.07, 6.45) is 3.47. The van der Waals surface area contributed by atoms with Crippen molar-refractivity contribution in [1.29, 1.82) is 0 Å². The van der Waals surface area contributed by atoms with Gasteiger partial charge in [0.05, 0.1) is 17.9 Å². The molecule has 0 aliphatic heterocycles. The number of H-pyrrole nitrogens is 1. The van der Waals surface area contributed by atoms with E-state index in [-0.39, 0.29) is 16.5 Å². The molecule has 0 saturated heterocycles. The van der Waals surface area contributed by atoms with E-state index in [4.69, 9.17) is 0 Å². The van der Waals surface area contributed by atoms with Crippen LogP contribution in [0.1, 0.15) is 0 Å². The minimum absolute atomic E-state index is 0.0498. The Morgan fingerprint density at radius 3 is 3.00 bits per heavy atom. The zero-order valence-electron chi connectivity index (χ0n) is 5.91. The first kappa shape index (κ1) is 6.90. The number of hydrogen-bond acceptors (Lipinski definition) is 3. The van der Waals surface area contributed by atoms with E-state index in [1.54, 1.807) is 0 Å². The van der Waals surface area contributed by atoms with Crippen molar-refractivity contribution in [1.82, 2.24) is 15.0 Å². The molecule has 0 aliphatic carbocycles. The summed E-state index contributed by atoms with van der Waals surface area (Å²) in [6.45, 7) is 0. The molecule has 60 valence electrons. The largest absolute Gasteiger partial charge is 0.313 e. The summed E-state index contributed by atoms with van der Waals surface area (Å²) < 4.78 is 12.9. The maximum Gasteiger partial charge on any atom is 0.260 e. The summed E-state index contributed by atoms with van der Waals surface area (Å²) in [5, 5.41) is 0.164. The van der Waals surface area contributed by atoms with Crippen molar-refractivity contribution < 1.29 is 4.39 Å². The summed E-state index contributed by atoms with van der Waals surface area (Å²) >= 11 is 0. The number of nitrogens with zero attached hydrogens (tertiary/aromatic N) is 2. The van der Waals surface area contributed by atoms with Gasteiger partial charge in [-0.05, 0) is 0 Å². The van der Waals surface area contributed by atoms with Crippen molar-refractivity contribution in [3.8, 4) is 0 Å². The molecule has 0 aromatic carbocycles. The lowest BCUT2D eigenvalue weighted by atomic mass is 10.3. The normalized spacial score (nSPS) is 10.4. The van der Waals surface area contributed by atoms with Crippen LogP contribution >= 0.6 is 0 Å². The average Bonchev–Trinajstić information content (AvgIpc) is 2.07. The third-order valence-corrected chi connectivity index (χ3v) is 1.51. The molecule has 0 spiro atoms.